The monoisotopic (exact) mass is 171 g/mol. The van der Waals surface area contributed by atoms with Gasteiger partial charge in [-0.2, -0.15) is 5.10 Å². The van der Waals surface area contributed by atoms with E-state index in [1.54, 1.807) is 0 Å². The van der Waals surface area contributed by atoms with Gasteiger partial charge >= 0.3 is 6.03 Å². The molecule has 0 fully saturated rings. The minimum Gasteiger partial charge on any atom is -0.350 e. The van der Waals surface area contributed by atoms with Crippen molar-refractivity contribution in [1.29, 1.82) is 0 Å². The summed E-state index contributed by atoms with van der Waals surface area (Å²) in [5.41, 5.74) is 8.10. The lowest BCUT2D eigenvalue weighted by Crippen LogP contribution is -2.26. The quantitative estimate of drug-likeness (QED) is 0.488. The lowest BCUT2D eigenvalue weighted by atomic mass is 10.0. The molecule has 12 heavy (non-hydrogen) atoms. The number of nitrogens with two attached hydrogens (primary N) is 1. The van der Waals surface area contributed by atoms with Crippen molar-refractivity contribution in [2.45, 2.75) is 33.6 Å². The molecule has 3 N–H and O–H groups in total. The highest BCUT2D eigenvalue weighted by atomic mass is 16.2. The first-order valence-electron chi connectivity index (χ1n) is 4.19. The zero-order valence-electron chi connectivity index (χ0n) is 7.92. The van der Waals surface area contributed by atoms with Gasteiger partial charge in [0.05, 0.1) is 0 Å². The van der Waals surface area contributed by atoms with Crippen LogP contribution < -0.4 is 11.2 Å². The maximum atomic E-state index is 10.3. The van der Waals surface area contributed by atoms with Gasteiger partial charge in [-0.15, -0.1) is 0 Å². The predicted octanol–water partition coefficient (Wildman–Crippen LogP) is 1.47. The maximum absolute atomic E-state index is 10.3. The van der Waals surface area contributed by atoms with Gasteiger partial charge in [-0.3, -0.25) is 0 Å². The molecule has 0 aliphatic rings. The van der Waals surface area contributed by atoms with Crippen molar-refractivity contribution in [3.05, 3.63) is 0 Å². The van der Waals surface area contributed by atoms with Crippen LogP contribution in [0.1, 0.15) is 33.6 Å². The Bertz CT molecular complexity index is 175. The molecule has 0 saturated heterocycles. The number of hydrogen-bond donors (Lipinski definition) is 2. The Morgan fingerprint density at radius 1 is 1.58 bits per heavy atom. The first kappa shape index (κ1) is 10.9. The fourth-order valence-corrected chi connectivity index (χ4v) is 0.857. The number of carbonyl (C=O) groups is 1. The van der Waals surface area contributed by atoms with E-state index in [4.69, 9.17) is 5.73 Å². The van der Waals surface area contributed by atoms with Gasteiger partial charge in [0.1, 0.15) is 0 Å². The van der Waals surface area contributed by atoms with Crippen LogP contribution in [0.15, 0.2) is 5.10 Å². The van der Waals surface area contributed by atoms with Crippen LogP contribution in [0, 0.1) is 5.92 Å². The van der Waals surface area contributed by atoms with E-state index in [9.17, 15) is 4.79 Å². The van der Waals surface area contributed by atoms with Crippen LogP contribution in [-0.2, 0) is 0 Å². The third-order valence-corrected chi connectivity index (χ3v) is 1.48. The summed E-state index contributed by atoms with van der Waals surface area (Å²) >= 11 is 0. The minimum absolute atomic E-state index is 0.358. The third kappa shape index (κ3) is 4.71. The van der Waals surface area contributed by atoms with Crippen LogP contribution in [0.4, 0.5) is 4.79 Å². The molecule has 70 valence electrons. The number of hydrazone groups is 1. The fraction of sp³-hybridized carbons (Fsp3) is 0.750. The van der Waals surface area contributed by atoms with Crippen LogP contribution in [0.5, 0.6) is 0 Å². The van der Waals surface area contributed by atoms with Gasteiger partial charge in [0.2, 0.25) is 0 Å². The van der Waals surface area contributed by atoms with Crippen LogP contribution in [0.25, 0.3) is 0 Å². The summed E-state index contributed by atoms with van der Waals surface area (Å²) in [5, 5.41) is 3.90. The molecule has 0 aliphatic carbocycles. The molecule has 0 bridgehead atoms. The normalized spacial score (nSPS) is 11.8. The molecule has 4 heteroatoms. The molecule has 0 aromatic rings. The Morgan fingerprint density at radius 2 is 2.17 bits per heavy atom. The Kier molecular flexibility index (Phi) is 5.08. The molecule has 0 atom stereocenters. The molecule has 0 aromatic heterocycles. The van der Waals surface area contributed by atoms with E-state index in [0.29, 0.717) is 5.92 Å². The van der Waals surface area contributed by atoms with E-state index in [2.05, 4.69) is 17.5 Å². The summed E-state index contributed by atoms with van der Waals surface area (Å²) in [6.45, 7) is 6.15. The first-order chi connectivity index (χ1) is 5.57. The second-order valence-corrected chi connectivity index (χ2v) is 2.98. The molecular weight excluding hydrogens is 154 g/mol. The van der Waals surface area contributed by atoms with Crippen molar-refractivity contribution < 1.29 is 4.79 Å². The van der Waals surface area contributed by atoms with Crippen molar-refractivity contribution in [3.63, 3.8) is 0 Å². The molecule has 0 saturated carbocycles. The van der Waals surface area contributed by atoms with Crippen LogP contribution in [0.2, 0.25) is 0 Å². The van der Waals surface area contributed by atoms with Gasteiger partial charge in [0, 0.05) is 5.71 Å². The molecule has 0 radical (unpaired) electrons. The molecule has 0 rings (SSSR count). The topological polar surface area (TPSA) is 67.5 Å². The maximum Gasteiger partial charge on any atom is 0.332 e. The zero-order chi connectivity index (χ0) is 9.56. The van der Waals surface area contributed by atoms with Gasteiger partial charge in [-0.25, -0.2) is 10.2 Å². The number of nitrogens with one attached hydrogen (secondary N) is 1. The van der Waals surface area contributed by atoms with Crippen LogP contribution in [0.3, 0.4) is 0 Å². The van der Waals surface area contributed by atoms with Crippen molar-refractivity contribution in [1.82, 2.24) is 5.43 Å². The summed E-state index contributed by atoms with van der Waals surface area (Å²) in [6, 6.07) is -0.607. The van der Waals surface area contributed by atoms with E-state index in [0.717, 1.165) is 18.6 Å². The number of amides is 2. The predicted molar refractivity (Wildman–Crippen MR) is 49.9 cm³/mol. The highest BCUT2D eigenvalue weighted by molar-refractivity contribution is 5.87. The largest absolute Gasteiger partial charge is 0.350 e. The smallest absolute Gasteiger partial charge is 0.332 e. The average molecular weight is 171 g/mol. The van der Waals surface area contributed by atoms with Crippen molar-refractivity contribution in [3.8, 4) is 0 Å². The van der Waals surface area contributed by atoms with E-state index < -0.39 is 6.03 Å². The number of primary amides is 1. The lowest BCUT2D eigenvalue weighted by molar-refractivity contribution is 0.249. The number of hydrogen-bond acceptors (Lipinski definition) is 2. The van der Waals surface area contributed by atoms with Gasteiger partial charge in [0.25, 0.3) is 0 Å². The highest BCUT2D eigenvalue weighted by Crippen LogP contribution is 2.03. The summed E-state index contributed by atoms with van der Waals surface area (Å²) < 4.78 is 0. The number of carbonyl (C=O) groups excluding carboxylic acids is 1. The second kappa shape index (κ2) is 5.57. The van der Waals surface area contributed by atoms with Crippen molar-refractivity contribution >= 4 is 11.7 Å². The van der Waals surface area contributed by atoms with Gasteiger partial charge < -0.3 is 5.73 Å². The molecule has 2 amide bonds. The Labute approximate surface area is 73.2 Å². The summed E-state index contributed by atoms with van der Waals surface area (Å²) in [7, 11) is 0. The summed E-state index contributed by atoms with van der Waals surface area (Å²) in [4.78, 5) is 10.3. The standard InChI is InChI=1S/C8H17N3O/c1-4-5-7(6(2)3)10-11-8(9)12/h6H,4-5H2,1-3H3,(H3,9,11,12). The second-order valence-electron chi connectivity index (χ2n) is 2.98. The Morgan fingerprint density at radius 3 is 2.50 bits per heavy atom. The van der Waals surface area contributed by atoms with Crippen molar-refractivity contribution in [2.24, 2.45) is 16.8 Å². The molecular formula is C8H17N3O. The molecule has 0 aromatic carbocycles. The zero-order valence-corrected chi connectivity index (χ0v) is 7.92. The van der Waals surface area contributed by atoms with Gasteiger partial charge in [-0.05, 0) is 12.3 Å². The Balaban J connectivity index is 4.08. The Hall–Kier alpha value is -1.06. The molecule has 0 spiro atoms. The summed E-state index contributed by atoms with van der Waals surface area (Å²) in [6.07, 6.45) is 1.93. The number of rotatable bonds is 4. The fourth-order valence-electron chi connectivity index (χ4n) is 0.857. The van der Waals surface area contributed by atoms with Crippen LogP contribution in [-0.4, -0.2) is 11.7 Å². The third-order valence-electron chi connectivity index (χ3n) is 1.48. The van der Waals surface area contributed by atoms with E-state index >= 15 is 0 Å². The molecule has 0 aliphatic heterocycles. The summed E-state index contributed by atoms with van der Waals surface area (Å²) in [5.74, 6) is 0.358. The van der Waals surface area contributed by atoms with E-state index in [1.807, 2.05) is 13.8 Å². The van der Waals surface area contributed by atoms with Gasteiger partial charge in [-0.1, -0.05) is 27.2 Å². The van der Waals surface area contributed by atoms with Crippen molar-refractivity contribution in [2.75, 3.05) is 0 Å². The molecule has 4 nitrogen and oxygen atoms in total. The first-order valence-corrected chi connectivity index (χ1v) is 4.19. The van der Waals surface area contributed by atoms with Gasteiger partial charge in [0.15, 0.2) is 0 Å². The average Bonchev–Trinajstić information content (AvgIpc) is 1.96. The number of urea groups is 1. The molecule has 0 unspecified atom stereocenters. The van der Waals surface area contributed by atoms with E-state index in [-0.39, 0.29) is 0 Å². The minimum atomic E-state index is -0.607. The SMILES string of the molecule is CCCC(=NNC(N)=O)C(C)C. The lowest BCUT2D eigenvalue weighted by Gasteiger charge is -2.07. The number of nitrogens with zero attached hydrogens (tertiary/aromatic N) is 1. The van der Waals surface area contributed by atoms with E-state index in [1.165, 1.54) is 0 Å². The highest BCUT2D eigenvalue weighted by Gasteiger charge is 2.03. The van der Waals surface area contributed by atoms with Crippen LogP contribution >= 0.6 is 0 Å². The molecule has 0 heterocycles.